The van der Waals surface area contributed by atoms with Crippen molar-refractivity contribution in [3.8, 4) is 0 Å². The highest BCUT2D eigenvalue weighted by Crippen LogP contribution is 2.36. The molecule has 2 heterocycles. The van der Waals surface area contributed by atoms with Crippen molar-refractivity contribution in [2.24, 2.45) is 0 Å². The van der Waals surface area contributed by atoms with Gasteiger partial charge < -0.3 is 10.6 Å². The van der Waals surface area contributed by atoms with Crippen LogP contribution < -0.4 is 15.7 Å². The van der Waals surface area contributed by atoms with Crippen LogP contribution in [-0.2, 0) is 9.63 Å². The van der Waals surface area contributed by atoms with Crippen molar-refractivity contribution >= 4 is 28.8 Å². The van der Waals surface area contributed by atoms with E-state index in [1.807, 2.05) is 36.3 Å². The van der Waals surface area contributed by atoms with Crippen molar-refractivity contribution in [2.75, 3.05) is 22.3 Å². The lowest BCUT2D eigenvalue weighted by molar-refractivity contribution is -0.111. The van der Waals surface area contributed by atoms with Crippen LogP contribution in [0.5, 0.6) is 0 Å². The van der Waals surface area contributed by atoms with Crippen molar-refractivity contribution in [3.63, 3.8) is 0 Å². The van der Waals surface area contributed by atoms with Crippen LogP contribution >= 0.6 is 0 Å². The van der Waals surface area contributed by atoms with Gasteiger partial charge in [0.05, 0.1) is 18.3 Å². The van der Waals surface area contributed by atoms with Crippen LogP contribution in [0.3, 0.4) is 0 Å². The predicted octanol–water partition coefficient (Wildman–Crippen LogP) is 6.26. The summed E-state index contributed by atoms with van der Waals surface area (Å²) in [6, 6.07) is 18.6. The van der Waals surface area contributed by atoms with Crippen LogP contribution in [0.15, 0.2) is 73.4 Å². The number of hydrogen-bond acceptors (Lipinski definition) is 5. The molecule has 1 aliphatic heterocycles. The van der Waals surface area contributed by atoms with E-state index in [0.717, 1.165) is 34.6 Å². The lowest BCUT2D eigenvalue weighted by Gasteiger charge is -2.25. The highest BCUT2D eigenvalue weighted by atomic mass is 16.7. The Labute approximate surface area is 195 Å². The van der Waals surface area contributed by atoms with Crippen molar-refractivity contribution in [1.29, 1.82) is 0 Å². The molecule has 3 aromatic rings. The normalized spacial score (nSPS) is 15.5. The first-order valence-corrected chi connectivity index (χ1v) is 11.2. The fourth-order valence-electron chi connectivity index (χ4n) is 4.10. The fraction of sp³-hybridized carbons (Fsp3) is 0.259. The number of anilines is 4. The van der Waals surface area contributed by atoms with Gasteiger partial charge in [0.25, 0.3) is 0 Å². The third-order valence-corrected chi connectivity index (χ3v) is 5.81. The molecule has 1 atom stereocenters. The summed E-state index contributed by atoms with van der Waals surface area (Å²) in [6.45, 7) is 10.5. The number of rotatable bonds is 7. The summed E-state index contributed by atoms with van der Waals surface area (Å²) in [5, 5.41) is 8.31. The van der Waals surface area contributed by atoms with Gasteiger partial charge in [0.1, 0.15) is 5.82 Å². The predicted molar refractivity (Wildman–Crippen MR) is 134 cm³/mol. The van der Waals surface area contributed by atoms with Crippen LogP contribution in [0.4, 0.5) is 22.9 Å². The Balaban J connectivity index is 1.61. The molecule has 1 amide bonds. The van der Waals surface area contributed by atoms with Gasteiger partial charge in [-0.2, -0.15) is 0 Å². The van der Waals surface area contributed by atoms with Crippen LogP contribution in [0, 0.1) is 6.92 Å². The van der Waals surface area contributed by atoms with Crippen LogP contribution in [0.1, 0.15) is 48.9 Å². The second kappa shape index (κ2) is 9.88. The fourth-order valence-corrected chi connectivity index (χ4v) is 4.10. The molecule has 1 aromatic heterocycles. The van der Waals surface area contributed by atoms with Gasteiger partial charge in [-0.05, 0) is 47.7 Å². The third-order valence-electron chi connectivity index (χ3n) is 5.81. The largest absolute Gasteiger partial charge is 0.340 e. The van der Waals surface area contributed by atoms with E-state index < -0.39 is 0 Å². The number of hydroxylamine groups is 1. The number of amides is 1. The second-order valence-electron chi connectivity index (χ2n) is 8.50. The second-order valence-corrected chi connectivity index (χ2v) is 8.50. The average Bonchev–Trinajstić information content (AvgIpc) is 3.31. The molecule has 1 fully saturated rings. The first kappa shape index (κ1) is 22.6. The molecule has 1 saturated heterocycles. The van der Waals surface area contributed by atoms with Crippen molar-refractivity contribution in [1.82, 2.24) is 4.98 Å². The lowest BCUT2D eigenvalue weighted by Crippen LogP contribution is -2.21. The minimum atomic E-state index is -0.232. The molecule has 4 rings (SSSR count). The quantitative estimate of drug-likeness (QED) is 0.423. The number of aryl methyl sites for hydroxylation is 1. The Bertz CT molecular complexity index is 1140. The molecule has 0 bridgehead atoms. The van der Waals surface area contributed by atoms with E-state index in [0.29, 0.717) is 12.4 Å². The summed E-state index contributed by atoms with van der Waals surface area (Å²) < 4.78 is 0. The van der Waals surface area contributed by atoms with Gasteiger partial charge in [-0.25, -0.2) is 10.0 Å². The molecule has 0 saturated carbocycles. The molecule has 6 heteroatoms. The van der Waals surface area contributed by atoms with E-state index in [1.165, 1.54) is 11.6 Å². The first-order chi connectivity index (χ1) is 16.0. The van der Waals surface area contributed by atoms with Gasteiger partial charge in [-0.3, -0.25) is 9.63 Å². The van der Waals surface area contributed by atoms with E-state index in [1.54, 1.807) is 6.20 Å². The Morgan fingerprint density at radius 2 is 1.97 bits per heavy atom. The number of nitrogens with one attached hydrogen (secondary N) is 2. The zero-order valence-corrected chi connectivity index (χ0v) is 19.3. The van der Waals surface area contributed by atoms with Gasteiger partial charge in [-0.1, -0.05) is 56.8 Å². The SMILES string of the molecule is C=CC(=O)Nc1cc(Nc2cc(N3OCCC3c3ccccc3)ccn2)c(C)cc1C(C)C. The molecule has 0 spiro atoms. The number of pyridine rings is 1. The molecule has 2 aromatic carbocycles. The maximum Gasteiger partial charge on any atom is 0.247 e. The number of nitrogens with zero attached hydrogens (tertiary/aromatic N) is 2. The van der Waals surface area contributed by atoms with Crippen molar-refractivity contribution in [3.05, 3.63) is 90.1 Å². The van der Waals surface area contributed by atoms with E-state index in [-0.39, 0.29) is 17.9 Å². The molecule has 1 aliphatic rings. The lowest BCUT2D eigenvalue weighted by atomic mass is 9.97. The third kappa shape index (κ3) is 5.07. The molecule has 170 valence electrons. The van der Waals surface area contributed by atoms with E-state index in [9.17, 15) is 4.79 Å². The van der Waals surface area contributed by atoms with Gasteiger partial charge in [0, 0.05) is 30.1 Å². The summed E-state index contributed by atoms with van der Waals surface area (Å²) in [6.07, 6.45) is 3.98. The highest BCUT2D eigenvalue weighted by Gasteiger charge is 2.28. The van der Waals surface area contributed by atoms with Gasteiger partial charge in [-0.15, -0.1) is 0 Å². The van der Waals surface area contributed by atoms with E-state index >= 15 is 0 Å². The molecule has 6 nitrogen and oxygen atoms in total. The summed E-state index contributed by atoms with van der Waals surface area (Å²) in [4.78, 5) is 22.5. The number of hydrogen-bond donors (Lipinski definition) is 2. The molecule has 1 unspecified atom stereocenters. The minimum Gasteiger partial charge on any atom is -0.340 e. The first-order valence-electron chi connectivity index (χ1n) is 11.2. The Morgan fingerprint density at radius 1 is 1.18 bits per heavy atom. The van der Waals surface area contributed by atoms with Crippen LogP contribution in [-0.4, -0.2) is 17.5 Å². The topological polar surface area (TPSA) is 66.5 Å². The summed E-state index contributed by atoms with van der Waals surface area (Å²) in [5.41, 5.74) is 5.96. The summed E-state index contributed by atoms with van der Waals surface area (Å²) in [5.74, 6) is 0.739. The molecule has 2 N–H and O–H groups in total. The molecule has 33 heavy (non-hydrogen) atoms. The van der Waals surface area contributed by atoms with E-state index in [4.69, 9.17) is 4.84 Å². The molecule has 0 radical (unpaired) electrons. The average molecular weight is 443 g/mol. The zero-order valence-electron chi connectivity index (χ0n) is 19.3. The van der Waals surface area contributed by atoms with E-state index in [2.05, 4.69) is 66.4 Å². The van der Waals surface area contributed by atoms with Crippen LogP contribution in [0.25, 0.3) is 0 Å². The maximum atomic E-state index is 12.0. The smallest absolute Gasteiger partial charge is 0.247 e. The highest BCUT2D eigenvalue weighted by molar-refractivity contribution is 6.00. The van der Waals surface area contributed by atoms with Crippen molar-refractivity contribution < 1.29 is 9.63 Å². The maximum absolute atomic E-state index is 12.0. The van der Waals surface area contributed by atoms with Gasteiger partial charge in [0.15, 0.2) is 0 Å². The summed E-state index contributed by atoms with van der Waals surface area (Å²) >= 11 is 0. The summed E-state index contributed by atoms with van der Waals surface area (Å²) in [7, 11) is 0. The number of carbonyl (C=O) groups is 1. The molecular formula is C27H30N4O2. The molecule has 0 aliphatic carbocycles. The molecular weight excluding hydrogens is 412 g/mol. The number of aromatic nitrogens is 1. The van der Waals surface area contributed by atoms with Crippen molar-refractivity contribution in [2.45, 2.75) is 39.2 Å². The Hall–Kier alpha value is -3.64. The standard InChI is InChI=1S/C27H30N4O2/c1-5-27(32)30-24-17-23(19(4)15-22(24)18(2)3)29-26-16-21(11-13-28-26)31-25(12-14-33-31)20-9-7-6-8-10-20/h5-11,13,15-18,25H,1,12,14H2,2-4H3,(H,28,29)(H,30,32). The number of carbonyl (C=O) groups excluding carboxylic acids is 1. The zero-order chi connectivity index (χ0) is 23.4. The Kier molecular flexibility index (Phi) is 6.75. The van der Waals surface area contributed by atoms with Crippen LogP contribution in [0.2, 0.25) is 0 Å². The minimum absolute atomic E-state index is 0.161. The van der Waals surface area contributed by atoms with Gasteiger partial charge >= 0.3 is 0 Å². The number of benzene rings is 2. The monoisotopic (exact) mass is 442 g/mol. The van der Waals surface area contributed by atoms with Gasteiger partial charge in [0.2, 0.25) is 5.91 Å². The Morgan fingerprint density at radius 3 is 2.70 bits per heavy atom.